The molecule has 0 aliphatic carbocycles. The number of fused-ring (bicyclic) bond motifs is 1. The molecule has 0 amide bonds. The van der Waals surface area contributed by atoms with E-state index in [0.29, 0.717) is 13.2 Å². The van der Waals surface area contributed by atoms with E-state index in [2.05, 4.69) is 41.7 Å². The van der Waals surface area contributed by atoms with Crippen LogP contribution in [-0.2, 0) is 26.6 Å². The predicted octanol–water partition coefficient (Wildman–Crippen LogP) is 4.16. The SMILES string of the molecule is CCc1ccc(CNCc2cn(C)nc2-c2ccc3c(c2)OCCCO3)s1. The highest BCUT2D eigenvalue weighted by Crippen LogP contribution is 2.34. The molecule has 0 saturated carbocycles. The number of hydrogen-bond acceptors (Lipinski definition) is 5. The van der Waals surface area contributed by atoms with Crippen LogP contribution in [0.4, 0.5) is 0 Å². The van der Waals surface area contributed by atoms with Gasteiger partial charge in [0.2, 0.25) is 0 Å². The normalized spacial score (nSPS) is 13.6. The monoisotopic (exact) mass is 383 g/mol. The lowest BCUT2D eigenvalue weighted by Gasteiger charge is -2.09. The second-order valence-electron chi connectivity index (χ2n) is 6.71. The van der Waals surface area contributed by atoms with E-state index in [1.54, 1.807) is 0 Å². The van der Waals surface area contributed by atoms with Crippen LogP contribution in [0.15, 0.2) is 36.5 Å². The van der Waals surface area contributed by atoms with Crippen molar-refractivity contribution in [3.63, 3.8) is 0 Å². The maximum absolute atomic E-state index is 5.84. The Balaban J connectivity index is 1.50. The summed E-state index contributed by atoms with van der Waals surface area (Å²) in [6.07, 6.45) is 4.09. The minimum atomic E-state index is 0.688. The van der Waals surface area contributed by atoms with Gasteiger partial charge in [-0.2, -0.15) is 5.10 Å². The first-order valence-electron chi connectivity index (χ1n) is 9.44. The Hall–Kier alpha value is -2.31. The highest BCUT2D eigenvalue weighted by Gasteiger charge is 2.15. The van der Waals surface area contributed by atoms with Crippen LogP contribution in [-0.4, -0.2) is 23.0 Å². The van der Waals surface area contributed by atoms with Crippen molar-refractivity contribution in [2.45, 2.75) is 32.9 Å². The largest absolute Gasteiger partial charge is 0.490 e. The van der Waals surface area contributed by atoms with Crippen molar-refractivity contribution in [3.8, 4) is 22.8 Å². The zero-order chi connectivity index (χ0) is 18.6. The maximum Gasteiger partial charge on any atom is 0.161 e. The van der Waals surface area contributed by atoms with Crippen LogP contribution in [0.1, 0.15) is 28.7 Å². The van der Waals surface area contributed by atoms with Gasteiger partial charge in [0.15, 0.2) is 11.5 Å². The predicted molar refractivity (Wildman–Crippen MR) is 108 cm³/mol. The Kier molecular flexibility index (Phi) is 5.45. The second kappa shape index (κ2) is 8.15. The lowest BCUT2D eigenvalue weighted by molar-refractivity contribution is 0.297. The number of rotatable bonds is 6. The van der Waals surface area contributed by atoms with E-state index in [4.69, 9.17) is 9.47 Å². The summed E-state index contributed by atoms with van der Waals surface area (Å²) in [5.74, 6) is 1.62. The molecule has 0 unspecified atom stereocenters. The van der Waals surface area contributed by atoms with Gasteiger partial charge in [-0.15, -0.1) is 11.3 Å². The van der Waals surface area contributed by atoms with Gasteiger partial charge in [0.25, 0.3) is 0 Å². The zero-order valence-corrected chi connectivity index (χ0v) is 16.6. The Labute approximate surface area is 163 Å². The zero-order valence-electron chi connectivity index (χ0n) is 15.8. The summed E-state index contributed by atoms with van der Waals surface area (Å²) < 4.78 is 13.4. The van der Waals surface area contributed by atoms with Crippen molar-refractivity contribution in [1.29, 1.82) is 0 Å². The quantitative estimate of drug-likeness (QED) is 0.694. The molecular formula is C21H25N3O2S. The molecule has 0 atom stereocenters. The lowest BCUT2D eigenvalue weighted by atomic mass is 10.1. The number of hydrogen-bond donors (Lipinski definition) is 1. The third-order valence-electron chi connectivity index (χ3n) is 4.61. The summed E-state index contributed by atoms with van der Waals surface area (Å²) in [7, 11) is 1.96. The fourth-order valence-corrected chi connectivity index (χ4v) is 4.18. The number of benzene rings is 1. The molecule has 1 aromatic carbocycles. The molecule has 0 spiro atoms. The molecule has 0 saturated heterocycles. The summed E-state index contributed by atoms with van der Waals surface area (Å²) in [5, 5.41) is 8.23. The standard InChI is InChI=1S/C21H25N3O2S/c1-3-17-6-7-18(27-17)13-22-12-16-14-24(2)23-21(16)15-5-8-19-20(11-15)26-10-4-9-25-19/h5-8,11,14,22H,3-4,9-10,12-13H2,1-2H3. The summed E-state index contributed by atoms with van der Waals surface area (Å²) in [6.45, 7) is 5.23. The molecule has 0 bridgehead atoms. The molecule has 27 heavy (non-hydrogen) atoms. The van der Waals surface area contributed by atoms with Crippen LogP contribution in [0.5, 0.6) is 11.5 Å². The first kappa shape index (κ1) is 18.1. The molecule has 4 rings (SSSR count). The van der Waals surface area contributed by atoms with Crippen LogP contribution in [0, 0.1) is 0 Å². The van der Waals surface area contributed by atoms with E-state index < -0.39 is 0 Å². The van der Waals surface area contributed by atoms with Crippen LogP contribution in [0.25, 0.3) is 11.3 Å². The van der Waals surface area contributed by atoms with Gasteiger partial charge < -0.3 is 14.8 Å². The van der Waals surface area contributed by atoms with Gasteiger partial charge in [-0.3, -0.25) is 4.68 Å². The number of ether oxygens (including phenoxy) is 2. The van der Waals surface area contributed by atoms with Crippen molar-refractivity contribution >= 4 is 11.3 Å². The highest BCUT2D eigenvalue weighted by molar-refractivity contribution is 7.11. The molecule has 1 N–H and O–H groups in total. The van der Waals surface area contributed by atoms with E-state index in [1.807, 2.05) is 35.2 Å². The Morgan fingerprint density at radius 2 is 1.89 bits per heavy atom. The molecule has 3 heterocycles. The highest BCUT2D eigenvalue weighted by atomic mass is 32.1. The van der Waals surface area contributed by atoms with E-state index >= 15 is 0 Å². The maximum atomic E-state index is 5.84. The van der Waals surface area contributed by atoms with Gasteiger partial charge in [0.1, 0.15) is 0 Å². The van der Waals surface area contributed by atoms with E-state index in [-0.39, 0.29) is 0 Å². The first-order valence-corrected chi connectivity index (χ1v) is 10.3. The number of nitrogens with zero attached hydrogens (tertiary/aromatic N) is 2. The average Bonchev–Trinajstić information content (AvgIpc) is 3.21. The molecule has 6 heteroatoms. The number of thiophene rings is 1. The third-order valence-corrected chi connectivity index (χ3v) is 5.84. The van der Waals surface area contributed by atoms with Crippen molar-refractivity contribution in [1.82, 2.24) is 15.1 Å². The Morgan fingerprint density at radius 3 is 2.70 bits per heavy atom. The van der Waals surface area contributed by atoms with E-state index in [0.717, 1.165) is 48.7 Å². The fraction of sp³-hybridized carbons (Fsp3) is 0.381. The van der Waals surface area contributed by atoms with Crippen molar-refractivity contribution in [2.75, 3.05) is 13.2 Å². The first-order chi connectivity index (χ1) is 13.2. The van der Waals surface area contributed by atoms with Crippen LogP contribution < -0.4 is 14.8 Å². The van der Waals surface area contributed by atoms with Crippen molar-refractivity contribution in [2.24, 2.45) is 7.05 Å². The number of nitrogens with one attached hydrogen (secondary N) is 1. The van der Waals surface area contributed by atoms with E-state index in [9.17, 15) is 0 Å². The molecule has 0 fully saturated rings. The average molecular weight is 384 g/mol. The van der Waals surface area contributed by atoms with E-state index in [1.165, 1.54) is 15.3 Å². The number of aryl methyl sites for hydroxylation is 2. The fourth-order valence-electron chi connectivity index (χ4n) is 3.25. The van der Waals surface area contributed by atoms with Gasteiger partial charge in [0, 0.05) is 53.6 Å². The minimum Gasteiger partial charge on any atom is -0.490 e. The topological polar surface area (TPSA) is 48.3 Å². The number of aromatic nitrogens is 2. The Morgan fingerprint density at radius 1 is 1.07 bits per heavy atom. The summed E-state index contributed by atoms with van der Waals surface area (Å²) >= 11 is 1.88. The molecule has 5 nitrogen and oxygen atoms in total. The van der Waals surface area contributed by atoms with Crippen LogP contribution in [0.3, 0.4) is 0 Å². The van der Waals surface area contributed by atoms with Crippen molar-refractivity contribution in [3.05, 3.63) is 51.8 Å². The van der Waals surface area contributed by atoms with Crippen LogP contribution >= 0.6 is 11.3 Å². The summed E-state index contributed by atoms with van der Waals surface area (Å²) in [6, 6.07) is 10.5. The molecule has 2 aromatic heterocycles. The molecule has 3 aromatic rings. The summed E-state index contributed by atoms with van der Waals surface area (Å²) in [5.41, 5.74) is 3.22. The minimum absolute atomic E-state index is 0.688. The lowest BCUT2D eigenvalue weighted by Crippen LogP contribution is -2.12. The Bertz CT molecular complexity index is 916. The van der Waals surface area contributed by atoms with Crippen molar-refractivity contribution < 1.29 is 9.47 Å². The molecule has 142 valence electrons. The van der Waals surface area contributed by atoms with Gasteiger partial charge in [-0.1, -0.05) is 6.92 Å². The second-order valence-corrected chi connectivity index (χ2v) is 7.97. The van der Waals surface area contributed by atoms with Gasteiger partial charge in [0.05, 0.1) is 18.9 Å². The smallest absolute Gasteiger partial charge is 0.161 e. The van der Waals surface area contributed by atoms with Crippen LogP contribution in [0.2, 0.25) is 0 Å². The molecule has 1 aliphatic rings. The van der Waals surface area contributed by atoms with Gasteiger partial charge in [-0.25, -0.2) is 0 Å². The molecule has 0 radical (unpaired) electrons. The molecular weight excluding hydrogens is 358 g/mol. The third kappa shape index (κ3) is 4.17. The van der Waals surface area contributed by atoms with Gasteiger partial charge in [-0.05, 0) is 36.8 Å². The van der Waals surface area contributed by atoms with Gasteiger partial charge >= 0.3 is 0 Å². The summed E-state index contributed by atoms with van der Waals surface area (Å²) in [4.78, 5) is 2.80. The molecule has 1 aliphatic heterocycles.